The van der Waals surface area contributed by atoms with E-state index >= 15 is 4.39 Å². The Morgan fingerprint density at radius 2 is 1.86 bits per heavy atom. The summed E-state index contributed by atoms with van der Waals surface area (Å²) in [5, 5.41) is 14.1. The maximum absolute atomic E-state index is 15.9. The van der Waals surface area contributed by atoms with Crippen LogP contribution in [0.15, 0.2) is 54.7 Å². The van der Waals surface area contributed by atoms with Gasteiger partial charge in [0, 0.05) is 23.7 Å². The Morgan fingerprint density at radius 1 is 1.14 bits per heavy atom. The van der Waals surface area contributed by atoms with Crippen molar-refractivity contribution in [2.24, 2.45) is 5.73 Å². The van der Waals surface area contributed by atoms with Crippen molar-refractivity contribution >= 4 is 17.8 Å². The summed E-state index contributed by atoms with van der Waals surface area (Å²) in [7, 11) is 0. The minimum atomic E-state index is -2.96. The fourth-order valence-corrected chi connectivity index (χ4v) is 3.53. The molecule has 3 rings (SSSR count). The van der Waals surface area contributed by atoms with Crippen LogP contribution in [0.5, 0.6) is 0 Å². The Morgan fingerprint density at radius 3 is 2.54 bits per heavy atom. The highest BCUT2D eigenvalue weighted by Gasteiger charge is 2.34. The van der Waals surface area contributed by atoms with Crippen molar-refractivity contribution in [2.45, 2.75) is 38.8 Å². The van der Waals surface area contributed by atoms with Crippen LogP contribution in [0, 0.1) is 17.1 Å². The van der Waals surface area contributed by atoms with Crippen LogP contribution in [0.25, 0.3) is 11.1 Å². The summed E-state index contributed by atoms with van der Waals surface area (Å²) < 4.78 is 46.9. The van der Waals surface area contributed by atoms with Gasteiger partial charge in [-0.2, -0.15) is 5.26 Å². The molecule has 3 aromatic rings. The van der Waals surface area contributed by atoms with Gasteiger partial charge in [-0.1, -0.05) is 30.3 Å². The number of benzene rings is 2. The summed E-state index contributed by atoms with van der Waals surface area (Å²) in [6, 6.07) is 14.0. The molecule has 8 nitrogen and oxygen atoms in total. The molecule has 0 aliphatic heterocycles. The first-order valence-corrected chi connectivity index (χ1v) is 11.1. The molecule has 0 unspecified atom stereocenters. The number of amides is 3. The van der Waals surface area contributed by atoms with Gasteiger partial charge < -0.3 is 15.8 Å². The summed E-state index contributed by atoms with van der Waals surface area (Å²) in [6.07, 6.45) is -2.76. The summed E-state index contributed by atoms with van der Waals surface area (Å²) in [6.45, 7) is 2.03. The SMILES string of the molecule is CC(C)(OC(=O)Nc1ccc(-c2cccnc2CNC(N)=O)c(Cc2ccccc2C#N)c1F)C(F)F. The van der Waals surface area contributed by atoms with Crippen LogP contribution in [0.2, 0.25) is 0 Å². The van der Waals surface area contributed by atoms with Crippen molar-refractivity contribution in [3.63, 3.8) is 0 Å². The van der Waals surface area contributed by atoms with E-state index in [0.717, 1.165) is 13.8 Å². The van der Waals surface area contributed by atoms with Gasteiger partial charge in [0.25, 0.3) is 6.43 Å². The number of ether oxygens (including phenoxy) is 1. The number of anilines is 1. The molecule has 0 fully saturated rings. The van der Waals surface area contributed by atoms with E-state index in [1.807, 2.05) is 0 Å². The Hall–Kier alpha value is -4.59. The fourth-order valence-electron chi connectivity index (χ4n) is 3.53. The summed E-state index contributed by atoms with van der Waals surface area (Å²) in [4.78, 5) is 27.8. The molecule has 4 N–H and O–H groups in total. The number of alkyl halides is 2. The molecule has 11 heteroatoms. The average molecular weight is 512 g/mol. The van der Waals surface area contributed by atoms with Gasteiger partial charge in [-0.3, -0.25) is 10.3 Å². The zero-order valence-electron chi connectivity index (χ0n) is 20.0. The zero-order chi connectivity index (χ0) is 27.2. The van der Waals surface area contributed by atoms with Gasteiger partial charge in [0.15, 0.2) is 11.4 Å². The molecule has 0 aliphatic rings. The Labute approximate surface area is 211 Å². The zero-order valence-corrected chi connectivity index (χ0v) is 20.0. The summed E-state index contributed by atoms with van der Waals surface area (Å²) in [5.74, 6) is -0.852. The number of nitrogens with two attached hydrogens (primary N) is 1. The van der Waals surface area contributed by atoms with Gasteiger partial charge in [-0.15, -0.1) is 0 Å². The molecule has 0 saturated carbocycles. The number of nitrogens with one attached hydrogen (secondary N) is 2. The topological polar surface area (TPSA) is 130 Å². The molecule has 0 spiro atoms. The molecule has 37 heavy (non-hydrogen) atoms. The number of hydrogen-bond donors (Lipinski definition) is 3. The second-order valence-corrected chi connectivity index (χ2v) is 8.53. The van der Waals surface area contributed by atoms with Crippen molar-refractivity contribution in [3.05, 3.63) is 82.9 Å². The molecule has 0 saturated heterocycles. The number of rotatable bonds is 8. The van der Waals surface area contributed by atoms with Gasteiger partial charge >= 0.3 is 12.1 Å². The van der Waals surface area contributed by atoms with E-state index in [-0.39, 0.29) is 24.2 Å². The molecule has 0 radical (unpaired) electrons. The first-order valence-electron chi connectivity index (χ1n) is 11.1. The van der Waals surface area contributed by atoms with E-state index in [1.54, 1.807) is 36.4 Å². The summed E-state index contributed by atoms with van der Waals surface area (Å²) >= 11 is 0. The second-order valence-electron chi connectivity index (χ2n) is 8.53. The van der Waals surface area contributed by atoms with E-state index in [4.69, 9.17) is 10.5 Å². The lowest BCUT2D eigenvalue weighted by atomic mass is 9.91. The normalized spacial score (nSPS) is 11.1. The average Bonchev–Trinajstić information content (AvgIpc) is 2.85. The maximum Gasteiger partial charge on any atom is 0.412 e. The number of carbonyl (C=O) groups excluding carboxylic acids is 2. The lowest BCUT2D eigenvalue weighted by Crippen LogP contribution is -2.37. The van der Waals surface area contributed by atoms with E-state index in [1.165, 1.54) is 18.3 Å². The molecule has 1 aromatic heterocycles. The third-order valence-electron chi connectivity index (χ3n) is 5.48. The molecule has 192 valence electrons. The third kappa shape index (κ3) is 6.55. The van der Waals surface area contributed by atoms with Crippen LogP contribution in [0.1, 0.15) is 36.2 Å². The Kier molecular flexibility index (Phi) is 8.34. The van der Waals surface area contributed by atoms with Crippen LogP contribution < -0.4 is 16.4 Å². The fraction of sp³-hybridized carbons (Fsp3) is 0.231. The number of urea groups is 1. The number of pyridine rings is 1. The number of carbonyl (C=O) groups is 2. The standard InChI is InChI=1S/C26H24F3N5O3/c1-26(2,23(28)29)37-25(36)34-20-10-9-17(18-8-5-11-32-21(18)14-33-24(31)35)19(22(20)27)12-15-6-3-4-7-16(15)13-30/h3-11,23H,12,14H2,1-2H3,(H,34,36)(H3,31,33,35). The number of primary amides is 1. The van der Waals surface area contributed by atoms with Crippen molar-refractivity contribution in [1.82, 2.24) is 10.3 Å². The smallest absolute Gasteiger partial charge is 0.412 e. The summed E-state index contributed by atoms with van der Waals surface area (Å²) in [5.41, 5.74) is 4.99. The maximum atomic E-state index is 15.9. The van der Waals surface area contributed by atoms with Crippen molar-refractivity contribution in [2.75, 3.05) is 5.32 Å². The van der Waals surface area contributed by atoms with Crippen molar-refractivity contribution in [3.8, 4) is 17.2 Å². The number of nitriles is 1. The predicted octanol–water partition coefficient (Wildman–Crippen LogP) is 5.11. The lowest BCUT2D eigenvalue weighted by Gasteiger charge is -2.24. The van der Waals surface area contributed by atoms with Crippen LogP contribution in [0.4, 0.5) is 28.4 Å². The van der Waals surface area contributed by atoms with Crippen LogP contribution >= 0.6 is 0 Å². The Balaban J connectivity index is 2.10. The molecule has 1 heterocycles. The van der Waals surface area contributed by atoms with Crippen LogP contribution in [0.3, 0.4) is 0 Å². The largest absolute Gasteiger partial charge is 0.437 e. The van der Waals surface area contributed by atoms with Gasteiger partial charge in [0.05, 0.1) is 29.6 Å². The molecular formula is C26H24F3N5O3. The van der Waals surface area contributed by atoms with Gasteiger partial charge in [0.2, 0.25) is 0 Å². The quantitative estimate of drug-likeness (QED) is 0.387. The van der Waals surface area contributed by atoms with Gasteiger partial charge in [-0.05, 0) is 43.2 Å². The number of hydrogen-bond acceptors (Lipinski definition) is 5. The highest BCUT2D eigenvalue weighted by molar-refractivity contribution is 5.86. The second kappa shape index (κ2) is 11.4. The van der Waals surface area contributed by atoms with Crippen molar-refractivity contribution in [1.29, 1.82) is 5.26 Å². The van der Waals surface area contributed by atoms with E-state index in [9.17, 15) is 23.6 Å². The van der Waals surface area contributed by atoms with E-state index in [0.29, 0.717) is 27.9 Å². The first kappa shape index (κ1) is 27.0. The van der Waals surface area contributed by atoms with E-state index in [2.05, 4.69) is 21.7 Å². The third-order valence-corrected chi connectivity index (χ3v) is 5.48. The highest BCUT2D eigenvalue weighted by atomic mass is 19.3. The monoisotopic (exact) mass is 511 g/mol. The molecule has 3 amide bonds. The number of nitrogens with zero attached hydrogens (tertiary/aromatic N) is 2. The van der Waals surface area contributed by atoms with Gasteiger partial charge in [0.1, 0.15) is 0 Å². The minimum absolute atomic E-state index is 0.0314. The van der Waals surface area contributed by atoms with Crippen molar-refractivity contribution < 1.29 is 27.5 Å². The highest BCUT2D eigenvalue weighted by Crippen LogP contribution is 2.34. The van der Waals surface area contributed by atoms with Crippen LogP contribution in [-0.4, -0.2) is 29.1 Å². The lowest BCUT2D eigenvalue weighted by molar-refractivity contribution is -0.0730. The number of halogens is 3. The van der Waals surface area contributed by atoms with Crippen LogP contribution in [-0.2, 0) is 17.7 Å². The molecule has 0 aliphatic carbocycles. The molecule has 0 atom stereocenters. The first-order chi connectivity index (χ1) is 17.5. The van der Waals surface area contributed by atoms with Gasteiger partial charge in [-0.25, -0.2) is 22.8 Å². The minimum Gasteiger partial charge on any atom is -0.437 e. The Bertz CT molecular complexity index is 1360. The molecular weight excluding hydrogens is 487 g/mol. The molecule has 2 aromatic carbocycles. The molecule has 0 bridgehead atoms. The predicted molar refractivity (Wildman–Crippen MR) is 130 cm³/mol. The number of aromatic nitrogens is 1. The van der Waals surface area contributed by atoms with E-state index < -0.39 is 30.0 Å².